The van der Waals surface area contributed by atoms with Crippen molar-refractivity contribution in [3.63, 3.8) is 0 Å². The van der Waals surface area contributed by atoms with Crippen LogP contribution in [0.3, 0.4) is 0 Å². The summed E-state index contributed by atoms with van der Waals surface area (Å²) in [6, 6.07) is 14.5. The van der Waals surface area contributed by atoms with E-state index in [0.29, 0.717) is 17.1 Å². The molecule has 3 N–H and O–H groups in total. The lowest BCUT2D eigenvalue weighted by Gasteiger charge is -2.36. The van der Waals surface area contributed by atoms with E-state index in [1.165, 1.54) is 36.6 Å². The summed E-state index contributed by atoms with van der Waals surface area (Å²) in [5, 5.41) is 2.98. The van der Waals surface area contributed by atoms with Crippen LogP contribution in [0, 0.1) is 0 Å². The average molecular weight is 414 g/mol. The van der Waals surface area contributed by atoms with Crippen molar-refractivity contribution in [2.45, 2.75) is 38.1 Å². The minimum Gasteiger partial charge on any atom is -0.399 e. The van der Waals surface area contributed by atoms with Crippen molar-refractivity contribution in [1.82, 2.24) is 14.9 Å². The molecule has 0 radical (unpaired) electrons. The van der Waals surface area contributed by atoms with Crippen molar-refractivity contribution in [1.29, 1.82) is 0 Å². The summed E-state index contributed by atoms with van der Waals surface area (Å²) in [6.45, 7) is 2.24. The molecule has 3 aromatic rings. The molecule has 2 aliphatic rings. The topological polar surface area (TPSA) is 84.1 Å². The number of hydrogen-bond donors (Lipinski definition) is 2. The quantitative estimate of drug-likeness (QED) is 0.633. The van der Waals surface area contributed by atoms with Crippen LogP contribution in [-0.2, 0) is 12.8 Å². The van der Waals surface area contributed by atoms with Crippen molar-refractivity contribution in [2.24, 2.45) is 0 Å². The van der Waals surface area contributed by atoms with Crippen LogP contribution >= 0.6 is 0 Å². The summed E-state index contributed by atoms with van der Waals surface area (Å²) in [4.78, 5) is 24.0. The highest BCUT2D eigenvalue weighted by Gasteiger charge is 2.26. The van der Waals surface area contributed by atoms with Gasteiger partial charge in [-0.3, -0.25) is 14.7 Å². The van der Waals surface area contributed by atoms with Crippen molar-refractivity contribution in [2.75, 3.05) is 24.1 Å². The average Bonchev–Trinajstić information content (AvgIpc) is 2.96. The molecular weight excluding hydrogens is 386 g/mol. The summed E-state index contributed by atoms with van der Waals surface area (Å²) in [7, 11) is 0. The minimum atomic E-state index is -0.249. The zero-order valence-corrected chi connectivity index (χ0v) is 17.6. The highest BCUT2D eigenvalue weighted by atomic mass is 16.1. The molecule has 0 spiro atoms. The third-order valence-electron chi connectivity index (χ3n) is 6.48. The molecule has 1 amide bonds. The molecule has 1 fully saturated rings. The normalized spacial score (nSPS) is 16.8. The van der Waals surface area contributed by atoms with Gasteiger partial charge in [-0.25, -0.2) is 4.98 Å². The summed E-state index contributed by atoms with van der Waals surface area (Å²) >= 11 is 0. The Hall–Kier alpha value is -3.25. The summed E-state index contributed by atoms with van der Waals surface area (Å²) in [6.07, 6.45) is 9.30. The maximum atomic E-state index is 12.7. The Kier molecular flexibility index (Phi) is 5.38. The van der Waals surface area contributed by atoms with Crippen LogP contribution in [0.5, 0.6) is 0 Å². The molecule has 6 nitrogen and oxygen atoms in total. The number of nitrogens with one attached hydrogen (secondary N) is 1. The van der Waals surface area contributed by atoms with Gasteiger partial charge in [0, 0.05) is 36.1 Å². The van der Waals surface area contributed by atoms with E-state index in [9.17, 15) is 4.79 Å². The van der Waals surface area contributed by atoms with Gasteiger partial charge in [-0.05, 0) is 61.1 Å². The largest absolute Gasteiger partial charge is 0.399 e. The number of aromatic nitrogens is 2. The Morgan fingerprint density at radius 1 is 0.968 bits per heavy atom. The fourth-order valence-electron chi connectivity index (χ4n) is 4.38. The number of nitrogens with two attached hydrogens (primary N) is 1. The van der Waals surface area contributed by atoms with E-state index >= 15 is 0 Å². The maximum absolute atomic E-state index is 12.7. The Balaban J connectivity index is 1.25. The Bertz CT molecular complexity index is 1070. The number of hydrogen-bond acceptors (Lipinski definition) is 5. The van der Waals surface area contributed by atoms with Crippen LogP contribution < -0.4 is 11.1 Å². The molecule has 1 aliphatic heterocycles. The van der Waals surface area contributed by atoms with Crippen molar-refractivity contribution < 1.29 is 4.79 Å². The smallest absolute Gasteiger partial charge is 0.275 e. The molecule has 1 aromatic heterocycles. The lowest BCUT2D eigenvalue weighted by atomic mass is 9.91. The van der Waals surface area contributed by atoms with Gasteiger partial charge in [-0.2, -0.15) is 0 Å². The predicted molar refractivity (Wildman–Crippen MR) is 123 cm³/mol. The number of benzene rings is 2. The molecular formula is C25H27N5O. The Morgan fingerprint density at radius 2 is 1.74 bits per heavy atom. The first-order chi connectivity index (χ1) is 15.2. The minimum absolute atomic E-state index is 0.249. The van der Waals surface area contributed by atoms with Crippen LogP contribution in [0.25, 0.3) is 11.3 Å². The summed E-state index contributed by atoms with van der Waals surface area (Å²) in [5.41, 5.74) is 11.9. The number of anilines is 2. The molecule has 0 saturated heterocycles. The van der Waals surface area contributed by atoms with Crippen LogP contribution in [-0.4, -0.2) is 39.9 Å². The van der Waals surface area contributed by atoms with Gasteiger partial charge in [0.1, 0.15) is 5.69 Å². The summed E-state index contributed by atoms with van der Waals surface area (Å²) in [5.74, 6) is -0.249. The lowest BCUT2D eigenvalue weighted by molar-refractivity contribution is 0.102. The first kappa shape index (κ1) is 19.7. The van der Waals surface area contributed by atoms with Crippen LogP contribution in [0.2, 0.25) is 0 Å². The molecule has 158 valence electrons. The molecule has 31 heavy (non-hydrogen) atoms. The maximum Gasteiger partial charge on any atom is 0.275 e. The number of nitrogens with zero attached hydrogens (tertiary/aromatic N) is 3. The molecule has 1 aliphatic carbocycles. The van der Waals surface area contributed by atoms with Gasteiger partial charge >= 0.3 is 0 Å². The highest BCUT2D eigenvalue weighted by Crippen LogP contribution is 2.28. The predicted octanol–water partition coefficient (Wildman–Crippen LogP) is 3.93. The van der Waals surface area contributed by atoms with Crippen LogP contribution in [0.4, 0.5) is 11.4 Å². The van der Waals surface area contributed by atoms with Crippen molar-refractivity contribution in [3.8, 4) is 11.3 Å². The van der Waals surface area contributed by atoms with E-state index in [2.05, 4.69) is 32.3 Å². The second-order valence-corrected chi connectivity index (χ2v) is 8.47. The SMILES string of the molecule is Nc1ccc(-c2cnc(C(=O)Nc3ccc4c(c3)CCN(C3CCC3)CC4)cn2)cc1. The van der Waals surface area contributed by atoms with Gasteiger partial charge in [0.15, 0.2) is 0 Å². The molecule has 5 rings (SSSR count). The van der Waals surface area contributed by atoms with Crippen LogP contribution in [0.15, 0.2) is 54.9 Å². The van der Waals surface area contributed by atoms with E-state index in [-0.39, 0.29) is 5.91 Å². The number of carbonyl (C=O) groups excluding carboxylic acids is 1. The standard InChI is InChI=1S/C25H27N5O/c26-20-7-4-18(5-8-20)23-15-28-24(16-27-23)25(31)29-21-9-6-17-10-12-30(22-2-1-3-22)13-11-19(17)14-21/h4-9,14-16,22H,1-3,10-13,26H2,(H,29,31). The van der Waals surface area contributed by atoms with Gasteiger partial charge in [0.2, 0.25) is 0 Å². The monoisotopic (exact) mass is 413 g/mol. The second-order valence-electron chi connectivity index (χ2n) is 8.47. The second kappa shape index (κ2) is 8.47. The molecule has 0 bridgehead atoms. The zero-order chi connectivity index (χ0) is 21.2. The van der Waals surface area contributed by atoms with Gasteiger partial charge in [-0.15, -0.1) is 0 Å². The Morgan fingerprint density at radius 3 is 2.42 bits per heavy atom. The van der Waals surface area contributed by atoms with Gasteiger partial charge < -0.3 is 11.1 Å². The van der Waals surface area contributed by atoms with E-state index in [0.717, 1.165) is 43.2 Å². The molecule has 6 heteroatoms. The fraction of sp³-hybridized carbons (Fsp3) is 0.320. The highest BCUT2D eigenvalue weighted by molar-refractivity contribution is 6.02. The van der Waals surface area contributed by atoms with E-state index in [4.69, 9.17) is 5.73 Å². The molecule has 1 saturated carbocycles. The van der Waals surface area contributed by atoms with Crippen molar-refractivity contribution in [3.05, 3.63) is 71.7 Å². The van der Waals surface area contributed by atoms with E-state index in [1.807, 2.05) is 30.3 Å². The van der Waals surface area contributed by atoms with Gasteiger partial charge in [0.25, 0.3) is 5.91 Å². The summed E-state index contributed by atoms with van der Waals surface area (Å²) < 4.78 is 0. The molecule has 0 unspecified atom stereocenters. The van der Waals surface area contributed by atoms with Crippen LogP contribution in [0.1, 0.15) is 40.9 Å². The fourth-order valence-corrected chi connectivity index (χ4v) is 4.38. The molecule has 2 heterocycles. The Labute approximate surface area is 182 Å². The number of fused-ring (bicyclic) bond motifs is 1. The number of carbonyl (C=O) groups is 1. The number of amides is 1. The first-order valence-corrected chi connectivity index (χ1v) is 11.0. The lowest BCUT2D eigenvalue weighted by Crippen LogP contribution is -2.41. The first-order valence-electron chi connectivity index (χ1n) is 11.0. The number of rotatable bonds is 4. The van der Waals surface area contributed by atoms with Gasteiger partial charge in [0.05, 0.1) is 18.1 Å². The zero-order valence-electron chi connectivity index (χ0n) is 17.6. The molecule has 2 aromatic carbocycles. The van der Waals surface area contributed by atoms with Crippen molar-refractivity contribution >= 4 is 17.3 Å². The number of nitrogen functional groups attached to an aromatic ring is 1. The van der Waals surface area contributed by atoms with E-state index in [1.54, 1.807) is 6.20 Å². The van der Waals surface area contributed by atoms with E-state index < -0.39 is 0 Å². The third kappa shape index (κ3) is 4.30. The third-order valence-corrected chi connectivity index (χ3v) is 6.48. The molecule has 0 atom stereocenters. The van der Waals surface area contributed by atoms with Gasteiger partial charge in [-0.1, -0.05) is 24.6 Å².